The van der Waals surface area contributed by atoms with E-state index in [-0.39, 0.29) is 36.9 Å². The van der Waals surface area contributed by atoms with Crippen molar-refractivity contribution in [1.82, 2.24) is 19.9 Å². The summed E-state index contributed by atoms with van der Waals surface area (Å²) in [4.78, 5) is 57.0. The standard InChI is InChI=1S/C29H32N4O8/c1-17-20(15-41-28(38)29(2,3)4)23-24(31-17)30-16-33(26(23)36)14-13-18-7-9-19(10-8-18)25(35)32-21(27(37)40-6)11-12-22(34)39-5/h7-10,16,21,36H,11-12,15H2,1-6H3,(H,32,35)/t21-/m0/s1. The van der Waals surface area contributed by atoms with E-state index in [1.54, 1.807) is 39.8 Å². The molecule has 3 rings (SSSR count). The Kier molecular flexibility index (Phi) is 9.67. The summed E-state index contributed by atoms with van der Waals surface area (Å²) in [5.41, 5.74) is 1.54. The average Bonchev–Trinajstić information content (AvgIpc) is 3.27. The van der Waals surface area contributed by atoms with Crippen LogP contribution in [0.25, 0.3) is 11.4 Å². The van der Waals surface area contributed by atoms with E-state index in [0.29, 0.717) is 28.2 Å². The molecule has 2 heterocycles. The summed E-state index contributed by atoms with van der Waals surface area (Å²) in [6.07, 6.45) is 1.28. The second-order valence-corrected chi connectivity index (χ2v) is 10.1. The Labute approximate surface area is 237 Å². The van der Waals surface area contributed by atoms with E-state index in [1.165, 1.54) is 37.2 Å². The molecule has 0 saturated carbocycles. The summed E-state index contributed by atoms with van der Waals surface area (Å²) < 4.78 is 15.9. The number of benzene rings is 1. The molecule has 216 valence electrons. The number of aryl methyl sites for hydroxylation is 1. The first kappa shape index (κ1) is 30.6. The summed E-state index contributed by atoms with van der Waals surface area (Å²) in [5.74, 6) is 0.856. The van der Waals surface area contributed by atoms with Gasteiger partial charge in [-0.15, -0.1) is 0 Å². The van der Waals surface area contributed by atoms with Gasteiger partial charge in [-0.1, -0.05) is 0 Å². The molecule has 2 N–H and O–H groups in total. The van der Waals surface area contributed by atoms with Crippen LogP contribution in [0.4, 0.5) is 0 Å². The maximum Gasteiger partial charge on any atom is 0.328 e. The zero-order chi connectivity index (χ0) is 30.3. The smallest absolute Gasteiger partial charge is 0.328 e. The SMILES string of the molecule is COC(=O)CC[C@H](NC(=O)c1ccc(C#Cn2cnc3nc(C)c(COC(=O)C(C)(C)C)c-3c2O)cc1)C(=O)OC. The highest BCUT2D eigenvalue weighted by atomic mass is 16.5. The monoisotopic (exact) mass is 564 g/mol. The van der Waals surface area contributed by atoms with Gasteiger partial charge in [0.25, 0.3) is 5.91 Å². The molecule has 0 aromatic heterocycles. The first-order valence-electron chi connectivity index (χ1n) is 12.7. The summed E-state index contributed by atoms with van der Waals surface area (Å²) in [6.45, 7) is 6.91. The lowest BCUT2D eigenvalue weighted by molar-refractivity contribution is -0.154. The van der Waals surface area contributed by atoms with Crippen LogP contribution in [0.15, 0.2) is 30.6 Å². The number of carbonyl (C=O) groups excluding carboxylic acids is 4. The number of carbonyl (C=O) groups is 4. The van der Waals surface area contributed by atoms with Crippen LogP contribution in [-0.2, 0) is 35.2 Å². The molecule has 1 atom stereocenters. The number of methoxy groups -OCH3 is 2. The van der Waals surface area contributed by atoms with E-state index in [9.17, 15) is 24.3 Å². The van der Waals surface area contributed by atoms with Gasteiger partial charge in [0.1, 0.15) is 19.0 Å². The summed E-state index contributed by atoms with van der Waals surface area (Å²) >= 11 is 0. The molecule has 12 nitrogen and oxygen atoms in total. The van der Waals surface area contributed by atoms with Gasteiger partial charge in [-0.05, 0) is 64.3 Å². The number of aromatic hydroxyl groups is 1. The van der Waals surface area contributed by atoms with E-state index >= 15 is 0 Å². The lowest BCUT2D eigenvalue weighted by Crippen LogP contribution is -2.41. The van der Waals surface area contributed by atoms with Crippen molar-refractivity contribution in [2.75, 3.05) is 14.2 Å². The second-order valence-electron chi connectivity index (χ2n) is 10.1. The average molecular weight is 565 g/mol. The largest absolute Gasteiger partial charge is 0.493 e. The third kappa shape index (κ3) is 7.60. The van der Waals surface area contributed by atoms with Crippen LogP contribution >= 0.6 is 0 Å². The number of ether oxygens (including phenoxy) is 3. The Bertz CT molecular complexity index is 1480. The molecule has 0 radical (unpaired) electrons. The molecular weight excluding hydrogens is 532 g/mol. The fourth-order valence-electron chi connectivity index (χ4n) is 3.65. The van der Waals surface area contributed by atoms with Crippen molar-refractivity contribution in [3.8, 4) is 29.2 Å². The van der Waals surface area contributed by atoms with Gasteiger partial charge >= 0.3 is 17.9 Å². The van der Waals surface area contributed by atoms with Gasteiger partial charge in [-0.3, -0.25) is 14.4 Å². The van der Waals surface area contributed by atoms with Crippen molar-refractivity contribution in [2.24, 2.45) is 5.41 Å². The Morgan fingerprint density at radius 2 is 1.78 bits per heavy atom. The molecule has 0 fully saturated rings. The molecule has 12 heteroatoms. The molecule has 2 aliphatic heterocycles. The molecule has 2 aliphatic rings. The van der Waals surface area contributed by atoms with Crippen molar-refractivity contribution < 1.29 is 38.5 Å². The number of hydrogen-bond acceptors (Lipinski definition) is 10. The van der Waals surface area contributed by atoms with Crippen molar-refractivity contribution in [3.63, 3.8) is 0 Å². The summed E-state index contributed by atoms with van der Waals surface area (Å²) in [5, 5.41) is 13.5. The van der Waals surface area contributed by atoms with Gasteiger partial charge < -0.3 is 24.6 Å². The van der Waals surface area contributed by atoms with Crippen molar-refractivity contribution in [3.05, 3.63) is 53.0 Å². The van der Waals surface area contributed by atoms with E-state index < -0.39 is 29.3 Å². The predicted molar refractivity (Wildman–Crippen MR) is 146 cm³/mol. The van der Waals surface area contributed by atoms with Crippen molar-refractivity contribution in [1.29, 1.82) is 0 Å². The zero-order valence-electron chi connectivity index (χ0n) is 23.7. The number of hydrogen-bond donors (Lipinski definition) is 2. The van der Waals surface area contributed by atoms with Gasteiger partial charge in [0.15, 0.2) is 5.82 Å². The van der Waals surface area contributed by atoms with E-state index in [4.69, 9.17) is 9.47 Å². The molecule has 1 aromatic carbocycles. The zero-order valence-corrected chi connectivity index (χ0v) is 23.7. The third-order valence-electron chi connectivity index (χ3n) is 6.07. The minimum atomic E-state index is -1.02. The number of rotatable bonds is 8. The molecule has 1 amide bonds. The van der Waals surface area contributed by atoms with Crippen molar-refractivity contribution in [2.45, 2.75) is 53.2 Å². The van der Waals surface area contributed by atoms with Crippen LogP contribution < -0.4 is 5.32 Å². The van der Waals surface area contributed by atoms with Gasteiger partial charge in [0, 0.05) is 34.8 Å². The highest BCUT2D eigenvalue weighted by Gasteiger charge is 2.27. The normalized spacial score (nSPS) is 11.7. The van der Waals surface area contributed by atoms with Crippen LogP contribution in [0.3, 0.4) is 0 Å². The van der Waals surface area contributed by atoms with Crippen LogP contribution in [0, 0.1) is 24.3 Å². The summed E-state index contributed by atoms with van der Waals surface area (Å²) in [6, 6.07) is 8.00. The number of fused-ring (bicyclic) bond motifs is 1. The molecule has 0 unspecified atom stereocenters. The number of amides is 1. The van der Waals surface area contributed by atoms with E-state index in [1.807, 2.05) is 0 Å². The Morgan fingerprint density at radius 3 is 2.39 bits per heavy atom. The highest BCUT2D eigenvalue weighted by Crippen LogP contribution is 2.35. The molecule has 41 heavy (non-hydrogen) atoms. The lowest BCUT2D eigenvalue weighted by atomic mass is 9.97. The van der Waals surface area contributed by atoms with Gasteiger partial charge in [-0.25, -0.2) is 19.3 Å². The highest BCUT2D eigenvalue weighted by molar-refractivity contribution is 5.97. The van der Waals surface area contributed by atoms with Gasteiger partial charge in [-0.2, -0.15) is 0 Å². The van der Waals surface area contributed by atoms with E-state index in [0.717, 1.165) is 0 Å². The molecule has 0 saturated heterocycles. The molecule has 0 bridgehead atoms. The Hall–Kier alpha value is -4.92. The molecule has 0 spiro atoms. The van der Waals surface area contributed by atoms with Gasteiger partial charge in [0.2, 0.25) is 5.88 Å². The minimum Gasteiger partial charge on any atom is -0.493 e. The van der Waals surface area contributed by atoms with Crippen LogP contribution in [-0.4, -0.2) is 63.7 Å². The van der Waals surface area contributed by atoms with Gasteiger partial charge in [0.05, 0.1) is 25.2 Å². The quantitative estimate of drug-likeness (QED) is 0.237. The maximum atomic E-state index is 12.7. The fraction of sp³-hybridized carbons (Fsp3) is 0.379. The number of nitrogens with zero attached hydrogens (tertiary/aromatic N) is 3. The summed E-state index contributed by atoms with van der Waals surface area (Å²) in [7, 11) is 2.42. The molecule has 0 aliphatic carbocycles. The minimum absolute atomic E-state index is 0.0207. The Balaban J connectivity index is 1.77. The predicted octanol–water partition coefficient (Wildman–Crippen LogP) is 2.57. The lowest BCUT2D eigenvalue weighted by Gasteiger charge is -2.17. The van der Waals surface area contributed by atoms with Crippen LogP contribution in [0.1, 0.15) is 60.8 Å². The van der Waals surface area contributed by atoms with E-state index in [2.05, 4.69) is 32.0 Å². The third-order valence-corrected chi connectivity index (χ3v) is 6.07. The number of esters is 3. The number of aromatic nitrogens is 3. The maximum absolute atomic E-state index is 12.7. The molecular formula is C29H32N4O8. The Morgan fingerprint density at radius 1 is 1.10 bits per heavy atom. The fourth-order valence-corrected chi connectivity index (χ4v) is 3.65. The second kappa shape index (κ2) is 13.0. The first-order chi connectivity index (χ1) is 19.3. The van der Waals surface area contributed by atoms with Crippen LogP contribution in [0.5, 0.6) is 5.88 Å². The molecule has 1 aromatic rings. The topological polar surface area (TPSA) is 159 Å². The number of nitrogens with one attached hydrogen (secondary N) is 1. The van der Waals surface area contributed by atoms with Crippen molar-refractivity contribution >= 4 is 23.8 Å². The first-order valence-corrected chi connectivity index (χ1v) is 12.7. The van der Waals surface area contributed by atoms with Crippen LogP contribution in [0.2, 0.25) is 0 Å².